The molecule has 0 spiro atoms. The maximum absolute atomic E-state index is 2.72. The Hall–Kier alpha value is -0.0800. The Bertz CT molecular complexity index is 272. The van der Waals surface area contributed by atoms with Crippen molar-refractivity contribution in [3.63, 3.8) is 0 Å². The van der Waals surface area contributed by atoms with Gasteiger partial charge in [0.25, 0.3) is 0 Å². The van der Waals surface area contributed by atoms with E-state index in [1.165, 1.54) is 26.2 Å². The van der Waals surface area contributed by atoms with Crippen molar-refractivity contribution in [1.82, 2.24) is 9.80 Å². The molecular formula is C16H32N2. The summed E-state index contributed by atoms with van der Waals surface area (Å²) < 4.78 is 0. The molecule has 2 nitrogen and oxygen atoms in total. The van der Waals surface area contributed by atoms with Crippen LogP contribution in [-0.4, -0.2) is 48.1 Å². The van der Waals surface area contributed by atoms with Crippen LogP contribution in [0.15, 0.2) is 0 Å². The van der Waals surface area contributed by atoms with Crippen LogP contribution in [-0.2, 0) is 0 Å². The van der Waals surface area contributed by atoms with Gasteiger partial charge in [-0.1, -0.05) is 13.8 Å². The van der Waals surface area contributed by atoms with Gasteiger partial charge in [0.05, 0.1) is 0 Å². The molecule has 2 heterocycles. The molecule has 2 aliphatic heterocycles. The standard InChI is InChI=1S/C16H32N2/c1-11(2)15-9-17(12(3)4)7-14-8-18(13(5)6)10-16(14)15/h11-16H,7-10H2,1-6H3/t14-,15-,16-/m0/s1. The van der Waals surface area contributed by atoms with Crippen molar-refractivity contribution in [2.45, 2.75) is 53.6 Å². The number of nitrogens with zero attached hydrogens (tertiary/aromatic N) is 2. The Kier molecular flexibility index (Phi) is 4.38. The summed E-state index contributed by atoms with van der Waals surface area (Å²) in [5.41, 5.74) is 0. The molecule has 2 fully saturated rings. The van der Waals surface area contributed by atoms with Crippen molar-refractivity contribution in [1.29, 1.82) is 0 Å². The highest BCUT2D eigenvalue weighted by Crippen LogP contribution is 2.39. The molecule has 18 heavy (non-hydrogen) atoms. The first kappa shape index (κ1) is 14.3. The summed E-state index contributed by atoms with van der Waals surface area (Å²) in [6.45, 7) is 19.6. The van der Waals surface area contributed by atoms with E-state index in [0.29, 0.717) is 6.04 Å². The van der Waals surface area contributed by atoms with Crippen LogP contribution < -0.4 is 0 Å². The fourth-order valence-corrected chi connectivity index (χ4v) is 3.94. The van der Waals surface area contributed by atoms with Gasteiger partial charge in [-0.2, -0.15) is 0 Å². The number of hydrogen-bond donors (Lipinski definition) is 0. The lowest BCUT2D eigenvalue weighted by molar-refractivity contribution is 0.0439. The van der Waals surface area contributed by atoms with E-state index >= 15 is 0 Å². The first-order valence-electron chi connectivity index (χ1n) is 7.88. The molecule has 2 rings (SSSR count). The summed E-state index contributed by atoms with van der Waals surface area (Å²) in [7, 11) is 0. The van der Waals surface area contributed by atoms with Gasteiger partial charge in [0, 0.05) is 38.3 Å². The molecule has 2 aliphatic rings. The van der Waals surface area contributed by atoms with Gasteiger partial charge in [-0.25, -0.2) is 0 Å². The Labute approximate surface area is 114 Å². The summed E-state index contributed by atoms with van der Waals surface area (Å²) in [6.07, 6.45) is 0. The van der Waals surface area contributed by atoms with Gasteiger partial charge in [0.2, 0.25) is 0 Å². The van der Waals surface area contributed by atoms with E-state index in [9.17, 15) is 0 Å². The Morgan fingerprint density at radius 3 is 1.67 bits per heavy atom. The third-order valence-corrected chi connectivity index (χ3v) is 5.30. The molecule has 0 radical (unpaired) electrons. The molecule has 2 heteroatoms. The van der Waals surface area contributed by atoms with Crippen molar-refractivity contribution in [3.8, 4) is 0 Å². The number of rotatable bonds is 3. The number of likely N-dealkylation sites (tertiary alicyclic amines) is 2. The highest BCUT2D eigenvalue weighted by molar-refractivity contribution is 4.96. The molecule has 0 N–H and O–H groups in total. The van der Waals surface area contributed by atoms with E-state index in [4.69, 9.17) is 0 Å². The molecule has 0 bridgehead atoms. The largest absolute Gasteiger partial charge is 0.300 e. The quantitative estimate of drug-likeness (QED) is 0.762. The van der Waals surface area contributed by atoms with Crippen LogP contribution >= 0.6 is 0 Å². The zero-order valence-corrected chi connectivity index (χ0v) is 13.2. The fourth-order valence-electron chi connectivity index (χ4n) is 3.94. The molecular weight excluding hydrogens is 220 g/mol. The van der Waals surface area contributed by atoms with Crippen molar-refractivity contribution in [3.05, 3.63) is 0 Å². The van der Waals surface area contributed by atoms with Crippen LogP contribution in [0.3, 0.4) is 0 Å². The molecule has 0 aliphatic carbocycles. The number of piperidine rings is 1. The van der Waals surface area contributed by atoms with Gasteiger partial charge in [0.1, 0.15) is 0 Å². The van der Waals surface area contributed by atoms with Crippen LogP contribution in [0.2, 0.25) is 0 Å². The summed E-state index contributed by atoms with van der Waals surface area (Å²) in [5.74, 6) is 3.58. The van der Waals surface area contributed by atoms with Crippen molar-refractivity contribution in [2.24, 2.45) is 23.7 Å². The highest BCUT2D eigenvalue weighted by Gasteiger charge is 2.44. The Morgan fingerprint density at radius 2 is 1.22 bits per heavy atom. The third kappa shape index (κ3) is 2.75. The maximum Gasteiger partial charge on any atom is 0.00388 e. The molecule has 2 saturated heterocycles. The first-order valence-corrected chi connectivity index (χ1v) is 7.88. The van der Waals surface area contributed by atoms with Crippen LogP contribution in [0.25, 0.3) is 0 Å². The zero-order chi connectivity index (χ0) is 13.4. The van der Waals surface area contributed by atoms with Gasteiger partial charge in [0.15, 0.2) is 0 Å². The predicted octanol–water partition coefficient (Wildman–Crippen LogP) is 2.94. The topological polar surface area (TPSA) is 6.48 Å². The lowest BCUT2D eigenvalue weighted by atomic mass is 9.74. The van der Waals surface area contributed by atoms with E-state index in [1.807, 2.05) is 0 Å². The van der Waals surface area contributed by atoms with Gasteiger partial charge < -0.3 is 9.80 Å². The second-order valence-corrected chi connectivity index (χ2v) is 7.43. The molecule has 0 unspecified atom stereocenters. The summed E-state index contributed by atoms with van der Waals surface area (Å²) >= 11 is 0. The predicted molar refractivity (Wildman–Crippen MR) is 78.7 cm³/mol. The number of hydrogen-bond acceptors (Lipinski definition) is 2. The minimum absolute atomic E-state index is 0.709. The molecule has 0 aromatic heterocycles. The number of fused-ring (bicyclic) bond motifs is 1. The molecule has 0 saturated carbocycles. The molecule has 0 aromatic rings. The molecule has 106 valence electrons. The summed E-state index contributed by atoms with van der Waals surface area (Å²) in [5, 5.41) is 0. The second kappa shape index (κ2) is 5.50. The lowest BCUT2D eigenvalue weighted by Gasteiger charge is -2.44. The monoisotopic (exact) mass is 252 g/mol. The molecule has 0 aromatic carbocycles. The van der Waals surface area contributed by atoms with Crippen molar-refractivity contribution in [2.75, 3.05) is 26.2 Å². The third-order valence-electron chi connectivity index (χ3n) is 5.30. The van der Waals surface area contributed by atoms with Crippen LogP contribution in [0.1, 0.15) is 41.5 Å². The average molecular weight is 252 g/mol. The first-order chi connectivity index (χ1) is 8.40. The van der Waals surface area contributed by atoms with Crippen LogP contribution in [0.4, 0.5) is 0 Å². The smallest absolute Gasteiger partial charge is 0.00388 e. The lowest BCUT2D eigenvalue weighted by Crippen LogP contribution is -2.50. The maximum atomic E-state index is 2.72. The molecule has 0 amide bonds. The van der Waals surface area contributed by atoms with Crippen LogP contribution in [0.5, 0.6) is 0 Å². The van der Waals surface area contributed by atoms with Crippen LogP contribution in [0, 0.1) is 23.7 Å². The highest BCUT2D eigenvalue weighted by atomic mass is 15.2. The second-order valence-electron chi connectivity index (χ2n) is 7.43. The van der Waals surface area contributed by atoms with E-state index in [0.717, 1.165) is 29.7 Å². The average Bonchev–Trinajstić information content (AvgIpc) is 2.70. The van der Waals surface area contributed by atoms with Gasteiger partial charge >= 0.3 is 0 Å². The van der Waals surface area contributed by atoms with Crippen molar-refractivity contribution < 1.29 is 0 Å². The zero-order valence-electron chi connectivity index (χ0n) is 13.2. The Balaban J connectivity index is 2.11. The molecule has 3 atom stereocenters. The van der Waals surface area contributed by atoms with E-state index < -0.39 is 0 Å². The van der Waals surface area contributed by atoms with E-state index in [1.54, 1.807) is 0 Å². The van der Waals surface area contributed by atoms with Gasteiger partial charge in [-0.05, 0) is 51.4 Å². The minimum Gasteiger partial charge on any atom is -0.300 e. The minimum atomic E-state index is 0.709. The SMILES string of the molecule is CC(C)[C@@H]1CN(C(C)C)C[C@H]2CN(C(C)C)C[C@@H]21. The van der Waals surface area contributed by atoms with Gasteiger partial charge in [-0.15, -0.1) is 0 Å². The van der Waals surface area contributed by atoms with Gasteiger partial charge in [-0.3, -0.25) is 0 Å². The Morgan fingerprint density at radius 1 is 0.722 bits per heavy atom. The van der Waals surface area contributed by atoms with E-state index in [-0.39, 0.29) is 0 Å². The fraction of sp³-hybridized carbons (Fsp3) is 1.00. The van der Waals surface area contributed by atoms with E-state index in [2.05, 4.69) is 51.3 Å². The summed E-state index contributed by atoms with van der Waals surface area (Å²) in [4.78, 5) is 5.42. The normalized spacial score (nSPS) is 34.8. The van der Waals surface area contributed by atoms with Crippen molar-refractivity contribution >= 4 is 0 Å². The summed E-state index contributed by atoms with van der Waals surface area (Å²) in [6, 6.07) is 1.43.